The molecule has 2 unspecified atom stereocenters. The standard InChI is InChI=1S/C15H23NO4S/c1-11(4-7-21(3)17)16-10-12-8-13(18-2)15-14(9-12)19-5-6-20-15/h8-9,11,16H,4-7,10H2,1-3H3. The highest BCUT2D eigenvalue weighted by Gasteiger charge is 2.18. The minimum Gasteiger partial charge on any atom is -0.493 e. The van der Waals surface area contributed by atoms with Crippen molar-refractivity contribution in [2.75, 3.05) is 32.3 Å². The molecule has 21 heavy (non-hydrogen) atoms. The fraction of sp³-hybridized carbons (Fsp3) is 0.600. The first kappa shape index (κ1) is 16.1. The van der Waals surface area contributed by atoms with E-state index in [1.54, 1.807) is 13.4 Å². The molecular weight excluding hydrogens is 290 g/mol. The molecule has 0 bridgehead atoms. The summed E-state index contributed by atoms with van der Waals surface area (Å²) in [6.45, 7) is 3.92. The van der Waals surface area contributed by atoms with E-state index < -0.39 is 10.8 Å². The van der Waals surface area contributed by atoms with Crippen molar-refractivity contribution in [3.8, 4) is 17.2 Å². The van der Waals surface area contributed by atoms with Crippen LogP contribution in [0.5, 0.6) is 17.2 Å². The first-order valence-electron chi connectivity index (χ1n) is 7.10. The number of hydrogen-bond donors (Lipinski definition) is 1. The third-order valence-electron chi connectivity index (χ3n) is 3.38. The molecule has 0 radical (unpaired) electrons. The SMILES string of the molecule is COc1cc(CNC(C)CCS(C)=O)cc2c1OCCO2. The molecule has 1 aromatic carbocycles. The van der Waals surface area contributed by atoms with Gasteiger partial charge in [-0.15, -0.1) is 0 Å². The monoisotopic (exact) mass is 313 g/mol. The second-order valence-electron chi connectivity index (χ2n) is 5.17. The summed E-state index contributed by atoms with van der Waals surface area (Å²) in [5, 5.41) is 3.43. The Morgan fingerprint density at radius 3 is 2.86 bits per heavy atom. The van der Waals surface area contributed by atoms with Crippen LogP contribution in [0.3, 0.4) is 0 Å². The maximum Gasteiger partial charge on any atom is 0.203 e. The Balaban J connectivity index is 1.98. The van der Waals surface area contributed by atoms with Gasteiger partial charge in [0, 0.05) is 35.4 Å². The number of hydrogen-bond acceptors (Lipinski definition) is 5. The normalized spacial score (nSPS) is 16.3. The zero-order valence-corrected chi connectivity index (χ0v) is 13.6. The van der Waals surface area contributed by atoms with Crippen LogP contribution in [0.2, 0.25) is 0 Å². The van der Waals surface area contributed by atoms with Crippen molar-refractivity contribution in [3.63, 3.8) is 0 Å². The van der Waals surface area contributed by atoms with E-state index in [0.29, 0.717) is 37.3 Å². The Bertz CT molecular complexity index is 489. The average molecular weight is 313 g/mol. The molecule has 0 saturated carbocycles. The molecule has 1 heterocycles. The molecule has 0 saturated heterocycles. The van der Waals surface area contributed by atoms with Crippen LogP contribution in [0.25, 0.3) is 0 Å². The van der Waals surface area contributed by atoms with Gasteiger partial charge in [0.1, 0.15) is 13.2 Å². The Labute approximate surface area is 128 Å². The highest BCUT2D eigenvalue weighted by Crippen LogP contribution is 2.40. The number of nitrogens with one attached hydrogen (secondary N) is 1. The van der Waals surface area contributed by atoms with Crippen molar-refractivity contribution in [1.82, 2.24) is 5.32 Å². The minimum atomic E-state index is -0.738. The number of ether oxygens (including phenoxy) is 3. The lowest BCUT2D eigenvalue weighted by atomic mass is 10.1. The zero-order valence-electron chi connectivity index (χ0n) is 12.8. The Morgan fingerprint density at radius 1 is 1.38 bits per heavy atom. The fourth-order valence-electron chi connectivity index (χ4n) is 2.17. The molecular formula is C15H23NO4S. The fourth-order valence-corrected chi connectivity index (χ4v) is 2.85. The van der Waals surface area contributed by atoms with Crippen LogP contribution in [-0.2, 0) is 17.3 Å². The van der Waals surface area contributed by atoms with Crippen molar-refractivity contribution < 1.29 is 18.4 Å². The van der Waals surface area contributed by atoms with Gasteiger partial charge in [0.05, 0.1) is 7.11 Å². The molecule has 6 heteroatoms. The summed E-state index contributed by atoms with van der Waals surface area (Å²) in [6.07, 6.45) is 2.63. The molecule has 1 N–H and O–H groups in total. The summed E-state index contributed by atoms with van der Waals surface area (Å²) >= 11 is 0. The van der Waals surface area contributed by atoms with Crippen LogP contribution in [-0.4, -0.2) is 42.6 Å². The summed E-state index contributed by atoms with van der Waals surface area (Å²) in [7, 11) is 0.891. The molecule has 2 atom stereocenters. The summed E-state index contributed by atoms with van der Waals surface area (Å²) in [6, 6.07) is 4.26. The molecule has 0 spiro atoms. The van der Waals surface area contributed by atoms with Gasteiger partial charge in [0.15, 0.2) is 11.5 Å². The first-order chi connectivity index (χ1) is 10.1. The van der Waals surface area contributed by atoms with E-state index in [9.17, 15) is 4.21 Å². The maximum absolute atomic E-state index is 11.1. The molecule has 0 amide bonds. The van der Waals surface area contributed by atoms with Gasteiger partial charge in [-0.05, 0) is 31.0 Å². The van der Waals surface area contributed by atoms with E-state index >= 15 is 0 Å². The zero-order chi connectivity index (χ0) is 15.2. The van der Waals surface area contributed by atoms with Crippen molar-refractivity contribution >= 4 is 10.8 Å². The van der Waals surface area contributed by atoms with E-state index in [1.807, 2.05) is 12.1 Å². The van der Waals surface area contributed by atoms with Gasteiger partial charge in [-0.25, -0.2) is 0 Å². The van der Waals surface area contributed by atoms with Crippen LogP contribution in [0.1, 0.15) is 18.9 Å². The van der Waals surface area contributed by atoms with E-state index in [1.165, 1.54) is 0 Å². The van der Waals surface area contributed by atoms with Crippen LogP contribution in [0, 0.1) is 0 Å². The van der Waals surface area contributed by atoms with Gasteiger partial charge < -0.3 is 19.5 Å². The Kier molecular flexibility index (Phi) is 5.87. The van der Waals surface area contributed by atoms with Gasteiger partial charge in [-0.2, -0.15) is 0 Å². The highest BCUT2D eigenvalue weighted by atomic mass is 32.2. The summed E-state index contributed by atoms with van der Waals surface area (Å²) in [4.78, 5) is 0. The van der Waals surface area contributed by atoms with E-state index in [4.69, 9.17) is 14.2 Å². The molecule has 5 nitrogen and oxygen atoms in total. The third kappa shape index (κ3) is 4.61. The second-order valence-corrected chi connectivity index (χ2v) is 6.72. The van der Waals surface area contributed by atoms with Crippen LogP contribution < -0.4 is 19.5 Å². The molecule has 0 fully saturated rings. The average Bonchev–Trinajstić information content (AvgIpc) is 2.49. The van der Waals surface area contributed by atoms with Crippen molar-refractivity contribution in [3.05, 3.63) is 17.7 Å². The van der Waals surface area contributed by atoms with Gasteiger partial charge in [0.25, 0.3) is 0 Å². The van der Waals surface area contributed by atoms with Gasteiger partial charge in [0.2, 0.25) is 5.75 Å². The molecule has 0 aromatic heterocycles. The molecule has 1 aliphatic heterocycles. The van der Waals surface area contributed by atoms with Crippen LogP contribution >= 0.6 is 0 Å². The topological polar surface area (TPSA) is 56.8 Å². The summed E-state index contributed by atoms with van der Waals surface area (Å²) < 4.78 is 27.7. The smallest absolute Gasteiger partial charge is 0.203 e. The highest BCUT2D eigenvalue weighted by molar-refractivity contribution is 7.84. The lowest BCUT2D eigenvalue weighted by molar-refractivity contribution is 0.165. The van der Waals surface area contributed by atoms with E-state index in [-0.39, 0.29) is 0 Å². The Hall–Kier alpha value is -1.27. The number of benzene rings is 1. The van der Waals surface area contributed by atoms with Crippen molar-refractivity contribution in [2.45, 2.75) is 25.9 Å². The lowest BCUT2D eigenvalue weighted by Crippen LogP contribution is -2.27. The van der Waals surface area contributed by atoms with E-state index in [2.05, 4.69) is 12.2 Å². The number of rotatable bonds is 7. The predicted molar refractivity (Wildman–Crippen MR) is 83.8 cm³/mol. The maximum atomic E-state index is 11.1. The Morgan fingerprint density at radius 2 is 2.14 bits per heavy atom. The summed E-state index contributed by atoms with van der Waals surface area (Å²) in [5.41, 5.74) is 1.08. The van der Waals surface area contributed by atoms with Gasteiger partial charge >= 0.3 is 0 Å². The van der Waals surface area contributed by atoms with Gasteiger partial charge in [-0.3, -0.25) is 4.21 Å². The molecule has 118 valence electrons. The van der Waals surface area contributed by atoms with Gasteiger partial charge in [-0.1, -0.05) is 0 Å². The molecule has 1 aliphatic rings. The molecule has 0 aliphatic carbocycles. The summed E-state index contributed by atoms with van der Waals surface area (Å²) in [5.74, 6) is 2.84. The van der Waals surface area contributed by atoms with Crippen LogP contribution in [0.4, 0.5) is 0 Å². The minimum absolute atomic E-state index is 0.313. The molecule has 2 rings (SSSR count). The number of methoxy groups -OCH3 is 1. The number of fused-ring (bicyclic) bond motifs is 1. The van der Waals surface area contributed by atoms with Crippen molar-refractivity contribution in [1.29, 1.82) is 0 Å². The largest absolute Gasteiger partial charge is 0.493 e. The third-order valence-corrected chi connectivity index (χ3v) is 4.19. The molecule has 1 aromatic rings. The first-order valence-corrected chi connectivity index (χ1v) is 8.82. The van der Waals surface area contributed by atoms with Crippen molar-refractivity contribution in [2.24, 2.45) is 0 Å². The van der Waals surface area contributed by atoms with E-state index in [0.717, 1.165) is 23.5 Å². The van der Waals surface area contributed by atoms with Crippen LogP contribution in [0.15, 0.2) is 12.1 Å². The second kappa shape index (κ2) is 7.66. The lowest BCUT2D eigenvalue weighted by Gasteiger charge is -2.22. The quantitative estimate of drug-likeness (QED) is 0.830. The predicted octanol–water partition coefficient (Wildman–Crippen LogP) is 1.71.